The molecule has 188 valence electrons. The fourth-order valence-corrected chi connectivity index (χ4v) is 3.94. The van der Waals surface area contributed by atoms with E-state index in [9.17, 15) is 9.90 Å². The summed E-state index contributed by atoms with van der Waals surface area (Å²) in [7, 11) is 0. The van der Waals surface area contributed by atoms with Crippen LogP contribution in [0.1, 0.15) is 52.0 Å². The maximum Gasteiger partial charge on any atom is 0.221 e. The third-order valence-electron chi connectivity index (χ3n) is 5.28. The molecule has 8 heteroatoms. The second kappa shape index (κ2) is 15.1. The number of rotatable bonds is 9. The molecule has 3 rings (SSSR count). The zero-order valence-electron chi connectivity index (χ0n) is 20.4. The molecule has 0 spiro atoms. The molecule has 0 unspecified atom stereocenters. The molecule has 1 saturated heterocycles. The van der Waals surface area contributed by atoms with Gasteiger partial charge < -0.3 is 20.5 Å². The van der Waals surface area contributed by atoms with Gasteiger partial charge in [0.05, 0.1) is 17.3 Å². The number of halogens is 2. The van der Waals surface area contributed by atoms with Crippen molar-refractivity contribution in [3.63, 3.8) is 0 Å². The summed E-state index contributed by atoms with van der Waals surface area (Å²) in [5.41, 5.74) is 1.75. The Morgan fingerprint density at radius 1 is 1.15 bits per heavy atom. The minimum Gasteiger partial charge on any atom is -0.506 e. The molecule has 1 heterocycles. The monoisotopic (exact) mass is 509 g/mol. The van der Waals surface area contributed by atoms with Crippen molar-refractivity contribution >= 4 is 34.8 Å². The van der Waals surface area contributed by atoms with Crippen LogP contribution in [0.3, 0.4) is 0 Å². The Morgan fingerprint density at radius 3 is 2.41 bits per heavy atom. The van der Waals surface area contributed by atoms with Gasteiger partial charge in [-0.2, -0.15) is 0 Å². The molecule has 0 aliphatic carbocycles. The van der Waals surface area contributed by atoms with Gasteiger partial charge in [-0.1, -0.05) is 55.6 Å². The van der Waals surface area contributed by atoms with Crippen molar-refractivity contribution in [3.05, 3.63) is 52.0 Å². The molecule has 2 aromatic rings. The van der Waals surface area contributed by atoms with Gasteiger partial charge in [-0.25, -0.2) is 0 Å². The van der Waals surface area contributed by atoms with Gasteiger partial charge in [0.1, 0.15) is 11.5 Å². The van der Waals surface area contributed by atoms with Crippen LogP contribution in [0.2, 0.25) is 10.0 Å². The minimum atomic E-state index is -0.226. The van der Waals surface area contributed by atoms with Crippen molar-refractivity contribution in [3.8, 4) is 11.5 Å². The van der Waals surface area contributed by atoms with Crippen molar-refractivity contribution in [2.45, 2.75) is 59.0 Å². The highest BCUT2D eigenvalue weighted by atomic mass is 35.5. The number of phenolic OH excluding ortho intramolecular Hbond substituents is 1. The van der Waals surface area contributed by atoms with Gasteiger partial charge in [0.25, 0.3) is 0 Å². The average molecular weight is 511 g/mol. The highest BCUT2D eigenvalue weighted by molar-refractivity contribution is 6.32. The number of piperidine rings is 1. The lowest BCUT2D eigenvalue weighted by atomic mass is 10.0. The number of carbonyl (C=O) groups excluding carboxylic acids is 1. The minimum absolute atomic E-state index is 0.0748. The molecule has 1 fully saturated rings. The second-order valence-corrected chi connectivity index (χ2v) is 9.36. The molecule has 3 N–H and O–H groups in total. The first-order valence-electron chi connectivity index (χ1n) is 11.9. The number of carbonyl (C=O) groups is 1. The Bertz CT molecular complexity index is 886. The number of benzene rings is 2. The van der Waals surface area contributed by atoms with E-state index in [2.05, 4.69) is 41.5 Å². The number of ether oxygens (including phenoxy) is 1. The van der Waals surface area contributed by atoms with Gasteiger partial charge in [-0.15, -0.1) is 0 Å². The Labute approximate surface area is 213 Å². The largest absolute Gasteiger partial charge is 0.506 e. The predicted molar refractivity (Wildman–Crippen MR) is 141 cm³/mol. The summed E-state index contributed by atoms with van der Waals surface area (Å²) in [4.78, 5) is 13.8. The molecule has 1 aliphatic heterocycles. The van der Waals surface area contributed by atoms with Gasteiger partial charge in [0, 0.05) is 30.6 Å². The van der Waals surface area contributed by atoms with E-state index in [1.54, 1.807) is 0 Å². The molecule has 0 radical (unpaired) electrons. The molecule has 0 saturated carbocycles. The normalized spacial score (nSPS) is 14.3. The van der Waals surface area contributed by atoms with E-state index in [0.717, 1.165) is 50.5 Å². The number of aromatic hydroxyl groups is 1. The first-order chi connectivity index (χ1) is 16.3. The standard InChI is InChI=1S/C23H29Cl2N3O3.C3H8/c1-16(29)27-21-13-20(25)22(30)14-23(21)31-12-2-9-26-19-7-10-28(11-8-19)15-17-3-5-18(24)6-4-17;1-3-2/h3-6,13-14,19,26,30H,2,7-12,15H2,1H3,(H,27,29);3H2,1-2H3. The molecule has 34 heavy (non-hydrogen) atoms. The fraction of sp³-hybridized carbons (Fsp3) is 0.500. The second-order valence-electron chi connectivity index (χ2n) is 8.52. The number of hydrogen-bond acceptors (Lipinski definition) is 5. The van der Waals surface area contributed by atoms with Crippen molar-refractivity contribution < 1.29 is 14.6 Å². The van der Waals surface area contributed by atoms with Gasteiger partial charge in [-0.05, 0) is 62.7 Å². The highest BCUT2D eigenvalue weighted by Crippen LogP contribution is 2.35. The van der Waals surface area contributed by atoms with Crippen LogP contribution in [-0.4, -0.2) is 48.2 Å². The molecule has 6 nitrogen and oxygen atoms in total. The summed E-state index contributed by atoms with van der Waals surface area (Å²) in [5, 5.41) is 17.0. The molecule has 1 aliphatic rings. The lowest BCUT2D eigenvalue weighted by molar-refractivity contribution is -0.114. The SMILES string of the molecule is CC(=O)Nc1cc(Cl)c(O)cc1OCCCNC1CCN(Cc2ccc(Cl)cc2)CC1.CCC. The lowest BCUT2D eigenvalue weighted by Gasteiger charge is -2.32. The van der Waals surface area contributed by atoms with Crippen LogP contribution in [0.25, 0.3) is 0 Å². The molecular weight excluding hydrogens is 473 g/mol. The van der Waals surface area contributed by atoms with Gasteiger partial charge in [0.15, 0.2) is 0 Å². The Balaban J connectivity index is 0.00000129. The summed E-state index contributed by atoms with van der Waals surface area (Å²) >= 11 is 11.9. The van der Waals surface area contributed by atoms with E-state index in [4.69, 9.17) is 27.9 Å². The molecule has 0 bridgehead atoms. The molecular formula is C26H37Cl2N3O3. The zero-order valence-corrected chi connectivity index (χ0v) is 21.9. The number of nitrogens with one attached hydrogen (secondary N) is 2. The van der Waals surface area contributed by atoms with Crippen LogP contribution in [-0.2, 0) is 11.3 Å². The Morgan fingerprint density at radius 2 is 1.79 bits per heavy atom. The van der Waals surface area contributed by atoms with Crippen LogP contribution >= 0.6 is 23.2 Å². The third-order valence-corrected chi connectivity index (χ3v) is 5.83. The highest BCUT2D eigenvalue weighted by Gasteiger charge is 2.18. The Kier molecular flexibility index (Phi) is 12.5. The fourth-order valence-electron chi connectivity index (χ4n) is 3.65. The summed E-state index contributed by atoms with van der Waals surface area (Å²) < 4.78 is 5.76. The van der Waals surface area contributed by atoms with Gasteiger partial charge >= 0.3 is 0 Å². The van der Waals surface area contributed by atoms with Crippen molar-refractivity contribution in [1.82, 2.24) is 10.2 Å². The molecule has 1 amide bonds. The van der Waals surface area contributed by atoms with E-state index >= 15 is 0 Å². The quantitative estimate of drug-likeness (QED) is 0.281. The van der Waals surface area contributed by atoms with Crippen LogP contribution < -0.4 is 15.4 Å². The van der Waals surface area contributed by atoms with Gasteiger partial charge in [-0.3, -0.25) is 9.69 Å². The van der Waals surface area contributed by atoms with E-state index in [1.807, 2.05) is 12.1 Å². The third kappa shape index (κ3) is 10.1. The number of nitrogens with zero attached hydrogens (tertiary/aromatic N) is 1. The number of likely N-dealkylation sites (tertiary alicyclic amines) is 1. The van der Waals surface area contributed by atoms with Crippen LogP contribution in [0.5, 0.6) is 11.5 Å². The zero-order chi connectivity index (χ0) is 24.9. The summed E-state index contributed by atoms with van der Waals surface area (Å²) in [6.07, 6.45) is 4.30. The lowest BCUT2D eigenvalue weighted by Crippen LogP contribution is -2.42. The molecule has 0 aromatic heterocycles. The first kappa shape index (κ1) is 28.2. The maximum absolute atomic E-state index is 11.4. The number of anilines is 1. The molecule has 2 aromatic carbocycles. The number of phenols is 1. The predicted octanol–water partition coefficient (Wildman–Crippen LogP) is 6.10. The van der Waals surface area contributed by atoms with E-state index < -0.39 is 0 Å². The van der Waals surface area contributed by atoms with Crippen molar-refractivity contribution in [2.24, 2.45) is 0 Å². The Hall–Kier alpha value is -1.99. The van der Waals surface area contributed by atoms with Crippen LogP contribution in [0.4, 0.5) is 5.69 Å². The van der Waals surface area contributed by atoms with Crippen LogP contribution in [0.15, 0.2) is 36.4 Å². The van der Waals surface area contributed by atoms with Crippen molar-refractivity contribution in [2.75, 3.05) is 31.6 Å². The number of amides is 1. The average Bonchev–Trinajstić information content (AvgIpc) is 2.79. The van der Waals surface area contributed by atoms with E-state index in [0.29, 0.717) is 24.1 Å². The molecule has 0 atom stereocenters. The van der Waals surface area contributed by atoms with Gasteiger partial charge in [0.2, 0.25) is 5.91 Å². The van der Waals surface area contributed by atoms with Crippen molar-refractivity contribution in [1.29, 1.82) is 0 Å². The number of hydrogen-bond donors (Lipinski definition) is 3. The van der Waals surface area contributed by atoms with E-state index in [-0.39, 0.29) is 16.7 Å². The maximum atomic E-state index is 11.4. The summed E-state index contributed by atoms with van der Waals surface area (Å²) in [6.45, 7) is 10.1. The van der Waals surface area contributed by atoms with E-state index in [1.165, 1.54) is 31.0 Å². The first-order valence-corrected chi connectivity index (χ1v) is 12.7. The summed E-state index contributed by atoms with van der Waals surface area (Å²) in [6, 6.07) is 11.5. The topological polar surface area (TPSA) is 73.8 Å². The van der Waals surface area contributed by atoms with Crippen LogP contribution in [0, 0.1) is 0 Å². The smallest absolute Gasteiger partial charge is 0.221 e. The summed E-state index contributed by atoms with van der Waals surface area (Å²) in [5.74, 6) is 0.109.